The van der Waals surface area contributed by atoms with Crippen LogP contribution < -0.4 is 11.1 Å². The number of fused-ring (bicyclic) bond motifs is 1. The standard InChI is InChI=1S/C15H20N2O6/c1-7-3-9-10(4-8(7)2)17(15(23)14(22)16-9)5-11(19)13(21)12(20)6-18/h3-4,11-13,18-21H,5-6H2,1-2H3,(H,16,22)/t11-,12-,13+/m1/s1. The number of benzene rings is 1. The summed E-state index contributed by atoms with van der Waals surface area (Å²) in [5.41, 5.74) is 0.943. The number of hydrogen-bond acceptors (Lipinski definition) is 6. The molecule has 0 bridgehead atoms. The fourth-order valence-corrected chi connectivity index (χ4v) is 2.37. The summed E-state index contributed by atoms with van der Waals surface area (Å²) >= 11 is 0. The summed E-state index contributed by atoms with van der Waals surface area (Å²) in [4.78, 5) is 26.3. The highest BCUT2D eigenvalue weighted by atomic mass is 16.4. The van der Waals surface area contributed by atoms with E-state index in [1.165, 1.54) is 0 Å². The second kappa shape index (κ2) is 6.63. The minimum Gasteiger partial charge on any atom is -0.394 e. The minimum absolute atomic E-state index is 0.389. The van der Waals surface area contributed by atoms with Crippen molar-refractivity contribution in [3.63, 3.8) is 0 Å². The van der Waals surface area contributed by atoms with E-state index in [0.717, 1.165) is 15.7 Å². The van der Waals surface area contributed by atoms with Crippen molar-refractivity contribution in [2.75, 3.05) is 6.61 Å². The van der Waals surface area contributed by atoms with Crippen molar-refractivity contribution in [2.45, 2.75) is 38.7 Å². The van der Waals surface area contributed by atoms with E-state index in [4.69, 9.17) is 5.11 Å². The molecule has 2 aromatic rings. The van der Waals surface area contributed by atoms with Gasteiger partial charge in [0, 0.05) is 0 Å². The van der Waals surface area contributed by atoms with Gasteiger partial charge >= 0.3 is 11.1 Å². The highest BCUT2D eigenvalue weighted by molar-refractivity contribution is 5.76. The fraction of sp³-hybridized carbons (Fsp3) is 0.467. The molecule has 0 aliphatic rings. The fourth-order valence-electron chi connectivity index (χ4n) is 2.37. The molecule has 8 nitrogen and oxygen atoms in total. The first-order valence-electron chi connectivity index (χ1n) is 7.15. The van der Waals surface area contributed by atoms with Gasteiger partial charge in [-0.1, -0.05) is 0 Å². The van der Waals surface area contributed by atoms with Gasteiger partial charge in [0.2, 0.25) is 0 Å². The van der Waals surface area contributed by atoms with Crippen LogP contribution in [0.4, 0.5) is 0 Å². The number of rotatable bonds is 5. The normalized spacial score (nSPS) is 15.6. The van der Waals surface area contributed by atoms with Crippen LogP contribution in [-0.4, -0.2) is 54.9 Å². The third kappa shape index (κ3) is 3.35. The third-order valence-corrected chi connectivity index (χ3v) is 3.94. The molecule has 0 saturated heterocycles. The molecule has 0 aliphatic carbocycles. The predicted molar refractivity (Wildman–Crippen MR) is 83.4 cm³/mol. The molecular formula is C15H20N2O6. The number of hydrogen-bond donors (Lipinski definition) is 5. The summed E-state index contributed by atoms with van der Waals surface area (Å²) in [6, 6.07) is 3.41. The van der Waals surface area contributed by atoms with Gasteiger partial charge in [-0.3, -0.25) is 14.2 Å². The zero-order chi connectivity index (χ0) is 17.3. The Morgan fingerprint density at radius 1 is 1.09 bits per heavy atom. The van der Waals surface area contributed by atoms with Crippen LogP contribution in [0.3, 0.4) is 0 Å². The first-order chi connectivity index (χ1) is 10.8. The van der Waals surface area contributed by atoms with Crippen LogP contribution in [0.25, 0.3) is 11.0 Å². The summed E-state index contributed by atoms with van der Waals surface area (Å²) in [6.45, 7) is 2.58. The van der Waals surface area contributed by atoms with Gasteiger partial charge in [-0.05, 0) is 37.1 Å². The van der Waals surface area contributed by atoms with Crippen molar-refractivity contribution in [1.82, 2.24) is 9.55 Å². The molecular weight excluding hydrogens is 304 g/mol. The second-order valence-corrected chi connectivity index (χ2v) is 5.63. The maximum absolute atomic E-state index is 12.1. The van der Waals surface area contributed by atoms with Crippen LogP contribution in [0.15, 0.2) is 21.7 Å². The average molecular weight is 324 g/mol. The van der Waals surface area contributed by atoms with Crippen molar-refractivity contribution in [3.8, 4) is 0 Å². The van der Waals surface area contributed by atoms with Gasteiger partial charge < -0.3 is 25.4 Å². The van der Waals surface area contributed by atoms with Gasteiger partial charge in [0.25, 0.3) is 0 Å². The number of aryl methyl sites for hydroxylation is 2. The van der Waals surface area contributed by atoms with E-state index in [1.54, 1.807) is 12.1 Å². The monoisotopic (exact) mass is 324 g/mol. The lowest BCUT2D eigenvalue weighted by Gasteiger charge is -2.22. The molecule has 8 heteroatoms. The van der Waals surface area contributed by atoms with Gasteiger partial charge in [-0.25, -0.2) is 0 Å². The molecule has 0 fully saturated rings. The zero-order valence-corrected chi connectivity index (χ0v) is 12.9. The Morgan fingerprint density at radius 2 is 1.70 bits per heavy atom. The van der Waals surface area contributed by atoms with Crippen molar-refractivity contribution in [3.05, 3.63) is 44.0 Å². The molecule has 126 valence electrons. The van der Waals surface area contributed by atoms with E-state index in [9.17, 15) is 24.9 Å². The maximum atomic E-state index is 12.1. The van der Waals surface area contributed by atoms with Crippen LogP contribution in [0.1, 0.15) is 11.1 Å². The molecule has 1 aromatic carbocycles. The first kappa shape index (κ1) is 17.4. The van der Waals surface area contributed by atoms with Gasteiger partial charge in [0.1, 0.15) is 18.3 Å². The van der Waals surface area contributed by atoms with Crippen LogP contribution in [0.2, 0.25) is 0 Å². The van der Waals surface area contributed by atoms with Crippen molar-refractivity contribution in [2.24, 2.45) is 0 Å². The Morgan fingerprint density at radius 3 is 2.30 bits per heavy atom. The lowest BCUT2D eigenvalue weighted by atomic mass is 10.1. The molecule has 1 heterocycles. The van der Waals surface area contributed by atoms with Gasteiger partial charge in [-0.2, -0.15) is 0 Å². The van der Waals surface area contributed by atoms with Crippen LogP contribution in [-0.2, 0) is 6.54 Å². The Balaban J connectivity index is 2.55. The van der Waals surface area contributed by atoms with Gasteiger partial charge in [0.05, 0.1) is 24.2 Å². The van der Waals surface area contributed by atoms with Crippen LogP contribution >= 0.6 is 0 Å². The van der Waals surface area contributed by atoms with Crippen molar-refractivity contribution >= 4 is 11.0 Å². The Bertz CT molecular complexity index is 825. The number of aliphatic hydroxyl groups excluding tert-OH is 4. The van der Waals surface area contributed by atoms with Gasteiger partial charge in [0.15, 0.2) is 0 Å². The topological polar surface area (TPSA) is 136 Å². The van der Waals surface area contributed by atoms with Crippen molar-refractivity contribution in [1.29, 1.82) is 0 Å². The Kier molecular flexibility index (Phi) is 5.00. The number of aliphatic hydroxyl groups is 4. The number of aromatic amines is 1. The Hall–Kier alpha value is -2.00. The van der Waals surface area contributed by atoms with E-state index in [0.29, 0.717) is 11.0 Å². The van der Waals surface area contributed by atoms with Crippen LogP contribution in [0, 0.1) is 13.8 Å². The summed E-state index contributed by atoms with van der Waals surface area (Å²) < 4.78 is 1.05. The molecule has 1 aromatic heterocycles. The number of nitrogens with zero attached hydrogens (tertiary/aromatic N) is 1. The van der Waals surface area contributed by atoms with Crippen LogP contribution in [0.5, 0.6) is 0 Å². The summed E-state index contributed by atoms with van der Waals surface area (Å²) in [5, 5.41) is 37.9. The highest BCUT2D eigenvalue weighted by Crippen LogP contribution is 2.16. The largest absolute Gasteiger partial charge is 0.394 e. The van der Waals surface area contributed by atoms with Crippen molar-refractivity contribution < 1.29 is 20.4 Å². The van der Waals surface area contributed by atoms with E-state index >= 15 is 0 Å². The lowest BCUT2D eigenvalue weighted by Crippen LogP contribution is -2.45. The maximum Gasteiger partial charge on any atom is 0.316 e. The molecule has 5 N–H and O–H groups in total. The summed E-state index contributed by atoms with van der Waals surface area (Å²) in [6.07, 6.45) is -4.72. The second-order valence-electron chi connectivity index (χ2n) is 5.63. The smallest absolute Gasteiger partial charge is 0.316 e. The Labute approximate surface area is 131 Å². The molecule has 2 rings (SSSR count). The first-order valence-corrected chi connectivity index (χ1v) is 7.15. The van der Waals surface area contributed by atoms with E-state index in [1.807, 2.05) is 13.8 Å². The molecule has 0 amide bonds. The molecule has 3 atom stereocenters. The SMILES string of the molecule is Cc1cc2[nH]c(=O)c(=O)n(C[C@@H](O)[C@H](O)[C@H](O)CO)c2cc1C. The lowest BCUT2D eigenvalue weighted by molar-refractivity contribution is -0.0805. The molecule has 0 spiro atoms. The minimum atomic E-state index is -1.65. The molecule has 23 heavy (non-hydrogen) atoms. The van der Waals surface area contributed by atoms with E-state index in [2.05, 4.69) is 4.98 Å². The summed E-state index contributed by atoms with van der Waals surface area (Å²) in [5.74, 6) is 0. The van der Waals surface area contributed by atoms with Gasteiger partial charge in [-0.15, -0.1) is 0 Å². The third-order valence-electron chi connectivity index (χ3n) is 3.94. The number of H-pyrrole nitrogens is 1. The predicted octanol–water partition coefficient (Wildman–Crippen LogP) is -1.62. The van der Waals surface area contributed by atoms with E-state index in [-0.39, 0.29) is 6.54 Å². The zero-order valence-electron chi connectivity index (χ0n) is 12.9. The quantitative estimate of drug-likeness (QED) is 0.420. The molecule has 0 unspecified atom stereocenters. The molecule has 0 aliphatic heterocycles. The molecule has 0 radical (unpaired) electrons. The number of nitrogens with one attached hydrogen (secondary N) is 1. The number of aromatic nitrogens is 2. The van der Waals surface area contributed by atoms with E-state index < -0.39 is 36.0 Å². The summed E-state index contributed by atoms with van der Waals surface area (Å²) in [7, 11) is 0. The molecule has 0 saturated carbocycles. The highest BCUT2D eigenvalue weighted by Gasteiger charge is 2.25. The average Bonchev–Trinajstić information content (AvgIpc) is 2.52.